The standard InChI is InChI=1S/C12H15NO3/c1-3-12(14)13(4-2)9-5-6-10-11(7-9)16-8-15-10/h5-7H,3-4,8H2,1-2H3. The van der Waals surface area contributed by atoms with Gasteiger partial charge < -0.3 is 14.4 Å². The Bertz CT molecular complexity index is 403. The average Bonchev–Trinajstić information content (AvgIpc) is 2.77. The molecule has 1 aliphatic rings. The van der Waals surface area contributed by atoms with Crippen LogP contribution in [0.3, 0.4) is 0 Å². The summed E-state index contributed by atoms with van der Waals surface area (Å²) in [6.45, 7) is 4.73. The predicted octanol–water partition coefficient (Wildman–Crippen LogP) is 2.18. The van der Waals surface area contributed by atoms with E-state index in [9.17, 15) is 4.79 Å². The fourth-order valence-electron chi connectivity index (χ4n) is 1.75. The van der Waals surface area contributed by atoms with Gasteiger partial charge in [0.1, 0.15) is 0 Å². The highest BCUT2D eigenvalue weighted by molar-refractivity contribution is 5.93. The van der Waals surface area contributed by atoms with Crippen molar-refractivity contribution in [1.82, 2.24) is 0 Å². The first-order valence-electron chi connectivity index (χ1n) is 5.46. The van der Waals surface area contributed by atoms with Crippen molar-refractivity contribution in [2.24, 2.45) is 0 Å². The summed E-state index contributed by atoms with van der Waals surface area (Å²) in [5, 5.41) is 0. The molecule has 0 aliphatic carbocycles. The molecule has 4 nitrogen and oxygen atoms in total. The molecule has 0 saturated heterocycles. The van der Waals surface area contributed by atoms with Crippen molar-refractivity contribution >= 4 is 11.6 Å². The van der Waals surface area contributed by atoms with E-state index in [-0.39, 0.29) is 12.7 Å². The van der Waals surface area contributed by atoms with Gasteiger partial charge >= 0.3 is 0 Å². The van der Waals surface area contributed by atoms with Crippen LogP contribution in [0.25, 0.3) is 0 Å². The van der Waals surface area contributed by atoms with Crippen LogP contribution >= 0.6 is 0 Å². The van der Waals surface area contributed by atoms with Crippen LogP contribution in [-0.2, 0) is 4.79 Å². The summed E-state index contributed by atoms with van der Waals surface area (Å²) in [7, 11) is 0. The summed E-state index contributed by atoms with van der Waals surface area (Å²) in [5.41, 5.74) is 0.860. The Labute approximate surface area is 94.8 Å². The van der Waals surface area contributed by atoms with E-state index in [2.05, 4.69) is 0 Å². The molecule has 1 aromatic rings. The second kappa shape index (κ2) is 4.43. The van der Waals surface area contributed by atoms with Crippen LogP contribution < -0.4 is 14.4 Å². The number of hydrogen-bond acceptors (Lipinski definition) is 3. The van der Waals surface area contributed by atoms with Crippen LogP contribution in [0.5, 0.6) is 11.5 Å². The molecule has 86 valence electrons. The van der Waals surface area contributed by atoms with E-state index in [1.807, 2.05) is 32.0 Å². The molecule has 0 spiro atoms. The lowest BCUT2D eigenvalue weighted by Crippen LogP contribution is -2.29. The Morgan fingerprint density at radius 2 is 2.06 bits per heavy atom. The van der Waals surface area contributed by atoms with Gasteiger partial charge in [-0.1, -0.05) is 6.92 Å². The largest absolute Gasteiger partial charge is 0.454 e. The molecule has 1 aromatic carbocycles. The van der Waals surface area contributed by atoms with E-state index in [0.717, 1.165) is 11.4 Å². The third kappa shape index (κ3) is 1.83. The first-order chi connectivity index (χ1) is 7.76. The minimum Gasteiger partial charge on any atom is -0.454 e. The third-order valence-corrected chi connectivity index (χ3v) is 2.59. The zero-order chi connectivity index (χ0) is 11.5. The van der Waals surface area contributed by atoms with Crippen LogP contribution in [0.2, 0.25) is 0 Å². The number of benzene rings is 1. The normalized spacial score (nSPS) is 12.6. The average molecular weight is 221 g/mol. The van der Waals surface area contributed by atoms with Crippen molar-refractivity contribution in [3.05, 3.63) is 18.2 Å². The van der Waals surface area contributed by atoms with Crippen molar-refractivity contribution in [2.45, 2.75) is 20.3 Å². The van der Waals surface area contributed by atoms with Crippen LogP contribution in [0.4, 0.5) is 5.69 Å². The van der Waals surface area contributed by atoms with Crippen LogP contribution in [0.15, 0.2) is 18.2 Å². The molecule has 0 atom stereocenters. The first-order valence-corrected chi connectivity index (χ1v) is 5.46. The number of rotatable bonds is 3. The number of ether oxygens (including phenoxy) is 2. The molecule has 2 rings (SSSR count). The number of amides is 1. The molecule has 0 fully saturated rings. The highest BCUT2D eigenvalue weighted by atomic mass is 16.7. The van der Waals surface area contributed by atoms with Gasteiger partial charge in [-0.05, 0) is 19.1 Å². The van der Waals surface area contributed by atoms with Gasteiger partial charge in [0.2, 0.25) is 12.7 Å². The van der Waals surface area contributed by atoms with Crippen molar-refractivity contribution in [3.63, 3.8) is 0 Å². The summed E-state index contributed by atoms with van der Waals surface area (Å²) < 4.78 is 10.5. The quantitative estimate of drug-likeness (QED) is 0.785. The second-order valence-electron chi connectivity index (χ2n) is 3.53. The molecule has 0 saturated carbocycles. The molecule has 1 heterocycles. The summed E-state index contributed by atoms with van der Waals surface area (Å²) in [6, 6.07) is 5.56. The van der Waals surface area contributed by atoms with Crippen molar-refractivity contribution in [3.8, 4) is 11.5 Å². The molecule has 0 bridgehead atoms. The Morgan fingerprint density at radius 1 is 1.31 bits per heavy atom. The summed E-state index contributed by atoms with van der Waals surface area (Å²) in [6.07, 6.45) is 0.502. The minimum atomic E-state index is 0.112. The smallest absolute Gasteiger partial charge is 0.231 e. The molecular formula is C12H15NO3. The van der Waals surface area contributed by atoms with E-state index in [1.165, 1.54) is 0 Å². The van der Waals surface area contributed by atoms with Crippen molar-refractivity contribution in [2.75, 3.05) is 18.2 Å². The van der Waals surface area contributed by atoms with Crippen LogP contribution in [0, 0.1) is 0 Å². The molecule has 1 aliphatic heterocycles. The summed E-state index contributed by atoms with van der Waals surface area (Å²) in [5.74, 6) is 1.56. The van der Waals surface area contributed by atoms with Gasteiger partial charge in [-0.3, -0.25) is 4.79 Å². The summed E-state index contributed by atoms with van der Waals surface area (Å²) in [4.78, 5) is 13.4. The van der Waals surface area contributed by atoms with E-state index >= 15 is 0 Å². The van der Waals surface area contributed by atoms with E-state index in [1.54, 1.807) is 4.90 Å². The lowest BCUT2D eigenvalue weighted by molar-refractivity contribution is -0.118. The highest BCUT2D eigenvalue weighted by Crippen LogP contribution is 2.35. The second-order valence-corrected chi connectivity index (χ2v) is 3.53. The Balaban J connectivity index is 2.29. The van der Waals surface area contributed by atoms with Gasteiger partial charge in [0.05, 0.1) is 0 Å². The maximum Gasteiger partial charge on any atom is 0.231 e. The number of fused-ring (bicyclic) bond motifs is 1. The molecule has 0 aromatic heterocycles. The van der Waals surface area contributed by atoms with Gasteiger partial charge in [0.25, 0.3) is 0 Å². The molecular weight excluding hydrogens is 206 g/mol. The molecule has 4 heteroatoms. The lowest BCUT2D eigenvalue weighted by atomic mass is 10.2. The molecule has 16 heavy (non-hydrogen) atoms. The number of nitrogens with zero attached hydrogens (tertiary/aromatic N) is 1. The Kier molecular flexibility index (Phi) is 2.99. The number of carbonyl (C=O) groups excluding carboxylic acids is 1. The van der Waals surface area contributed by atoms with E-state index in [0.29, 0.717) is 18.7 Å². The minimum absolute atomic E-state index is 0.112. The highest BCUT2D eigenvalue weighted by Gasteiger charge is 2.17. The van der Waals surface area contributed by atoms with Crippen LogP contribution in [0.1, 0.15) is 20.3 Å². The van der Waals surface area contributed by atoms with Crippen LogP contribution in [-0.4, -0.2) is 19.2 Å². The summed E-state index contributed by atoms with van der Waals surface area (Å²) >= 11 is 0. The van der Waals surface area contributed by atoms with Crippen molar-refractivity contribution in [1.29, 1.82) is 0 Å². The SMILES string of the molecule is CCC(=O)N(CC)c1ccc2c(c1)OCO2. The zero-order valence-corrected chi connectivity index (χ0v) is 9.53. The number of carbonyl (C=O) groups is 1. The van der Waals surface area contributed by atoms with Gasteiger partial charge in [0.15, 0.2) is 11.5 Å². The first kappa shape index (κ1) is 10.8. The van der Waals surface area contributed by atoms with Gasteiger partial charge in [-0.2, -0.15) is 0 Å². The van der Waals surface area contributed by atoms with Gasteiger partial charge in [-0.25, -0.2) is 0 Å². The van der Waals surface area contributed by atoms with Gasteiger partial charge in [-0.15, -0.1) is 0 Å². The van der Waals surface area contributed by atoms with Crippen molar-refractivity contribution < 1.29 is 14.3 Å². The Morgan fingerprint density at radius 3 is 2.75 bits per heavy atom. The van der Waals surface area contributed by atoms with Gasteiger partial charge in [0, 0.05) is 24.7 Å². The van der Waals surface area contributed by atoms with E-state index in [4.69, 9.17) is 9.47 Å². The third-order valence-electron chi connectivity index (χ3n) is 2.59. The lowest BCUT2D eigenvalue weighted by Gasteiger charge is -2.20. The fourth-order valence-corrected chi connectivity index (χ4v) is 1.75. The molecule has 0 radical (unpaired) electrons. The Hall–Kier alpha value is -1.71. The molecule has 1 amide bonds. The number of anilines is 1. The maximum atomic E-state index is 11.7. The zero-order valence-electron chi connectivity index (χ0n) is 9.53. The molecule has 0 N–H and O–H groups in total. The predicted molar refractivity (Wildman–Crippen MR) is 60.9 cm³/mol. The fraction of sp³-hybridized carbons (Fsp3) is 0.417. The monoisotopic (exact) mass is 221 g/mol. The topological polar surface area (TPSA) is 38.8 Å². The van der Waals surface area contributed by atoms with E-state index < -0.39 is 0 Å². The number of hydrogen-bond donors (Lipinski definition) is 0. The molecule has 0 unspecified atom stereocenters. The maximum absolute atomic E-state index is 11.7.